The average Bonchev–Trinajstić information content (AvgIpc) is 3.19. The van der Waals surface area contributed by atoms with Gasteiger partial charge in [0.1, 0.15) is 5.75 Å². The maximum absolute atomic E-state index is 12.4. The van der Waals surface area contributed by atoms with Crippen LogP contribution in [0.3, 0.4) is 0 Å². The summed E-state index contributed by atoms with van der Waals surface area (Å²) in [7, 11) is 1.54. The summed E-state index contributed by atoms with van der Waals surface area (Å²) in [5.41, 5.74) is 2.22. The minimum absolute atomic E-state index is 0.00300. The van der Waals surface area contributed by atoms with Gasteiger partial charge in [0.15, 0.2) is 29.8 Å². The number of aryl methyl sites for hydroxylation is 1. The quantitative estimate of drug-likeness (QED) is 0.505. The maximum atomic E-state index is 12.4. The number of amides is 2. The van der Waals surface area contributed by atoms with Gasteiger partial charge in [-0.05, 0) is 37.3 Å². The molecule has 8 nitrogen and oxygen atoms in total. The number of carbonyl (C=O) groups excluding carboxylic acids is 2. The van der Waals surface area contributed by atoms with E-state index in [0.717, 1.165) is 16.1 Å². The molecule has 0 aliphatic carbocycles. The van der Waals surface area contributed by atoms with Crippen molar-refractivity contribution in [1.29, 1.82) is 0 Å². The fourth-order valence-electron chi connectivity index (χ4n) is 3.43. The highest BCUT2D eigenvalue weighted by Crippen LogP contribution is 2.38. The molecule has 0 saturated carbocycles. The van der Waals surface area contributed by atoms with Gasteiger partial charge in [-0.1, -0.05) is 18.2 Å². The van der Waals surface area contributed by atoms with Crippen molar-refractivity contribution in [3.8, 4) is 28.5 Å². The summed E-state index contributed by atoms with van der Waals surface area (Å²) in [5, 5.41) is 3.24. The van der Waals surface area contributed by atoms with Gasteiger partial charge in [0, 0.05) is 17.0 Å². The number of methoxy groups -OCH3 is 1. The monoisotopic (exact) mass is 465 g/mol. The van der Waals surface area contributed by atoms with Gasteiger partial charge in [0.05, 0.1) is 18.5 Å². The van der Waals surface area contributed by atoms with Gasteiger partial charge in [-0.2, -0.15) is 0 Å². The van der Waals surface area contributed by atoms with Crippen molar-refractivity contribution in [3.63, 3.8) is 0 Å². The third-order valence-electron chi connectivity index (χ3n) is 4.96. The van der Waals surface area contributed by atoms with Gasteiger partial charge >= 0.3 is 0 Å². The molecule has 1 aromatic heterocycles. The summed E-state index contributed by atoms with van der Waals surface area (Å²) in [4.78, 5) is 31.8. The first-order valence-electron chi connectivity index (χ1n) is 10.2. The molecule has 170 valence electrons. The number of rotatable bonds is 8. The number of hydrogen-bond donors (Lipinski definition) is 1. The third-order valence-corrected chi connectivity index (χ3v) is 5.84. The van der Waals surface area contributed by atoms with Crippen LogP contribution >= 0.6 is 11.3 Å². The molecule has 2 heterocycles. The molecular weight excluding hydrogens is 442 g/mol. The molecule has 0 fully saturated rings. The molecule has 0 unspecified atom stereocenters. The van der Waals surface area contributed by atoms with Crippen LogP contribution in [-0.4, -0.2) is 43.7 Å². The predicted octanol–water partition coefficient (Wildman–Crippen LogP) is 4.06. The lowest BCUT2D eigenvalue weighted by molar-refractivity contribution is -0.121. The Balaban J connectivity index is 1.49. The molecule has 0 saturated heterocycles. The first-order valence-corrected chi connectivity index (χ1v) is 11.0. The zero-order valence-corrected chi connectivity index (χ0v) is 19.1. The summed E-state index contributed by atoms with van der Waals surface area (Å²) in [6, 6.07) is 12.7. The second-order valence-electron chi connectivity index (χ2n) is 7.18. The van der Waals surface area contributed by atoms with E-state index >= 15 is 0 Å². The van der Waals surface area contributed by atoms with Crippen molar-refractivity contribution in [2.45, 2.75) is 6.92 Å². The number of benzene rings is 2. The highest BCUT2D eigenvalue weighted by atomic mass is 32.1. The van der Waals surface area contributed by atoms with E-state index in [1.165, 1.54) is 11.3 Å². The number of nitrogens with one attached hydrogen (secondary N) is 1. The number of aromatic nitrogens is 1. The van der Waals surface area contributed by atoms with E-state index in [0.29, 0.717) is 34.6 Å². The van der Waals surface area contributed by atoms with E-state index in [9.17, 15) is 9.59 Å². The number of para-hydroxylation sites is 2. The van der Waals surface area contributed by atoms with Crippen LogP contribution < -0.4 is 24.4 Å². The molecule has 0 atom stereocenters. The molecular formula is C24H23N3O5S. The van der Waals surface area contributed by atoms with Gasteiger partial charge in [-0.25, -0.2) is 4.98 Å². The molecule has 3 aromatic rings. The minimum Gasteiger partial charge on any atom is -0.493 e. The van der Waals surface area contributed by atoms with Gasteiger partial charge in [0.2, 0.25) is 0 Å². The number of hydrogen-bond acceptors (Lipinski definition) is 7. The van der Waals surface area contributed by atoms with Crippen LogP contribution in [0.25, 0.3) is 11.3 Å². The van der Waals surface area contributed by atoms with Crippen molar-refractivity contribution in [1.82, 2.24) is 4.98 Å². The van der Waals surface area contributed by atoms with Crippen LogP contribution in [0.15, 0.2) is 55.1 Å². The smallest absolute Gasteiger partial charge is 0.265 e. The number of carbonyl (C=O) groups is 2. The Hall–Kier alpha value is -3.85. The number of thiazole rings is 1. The Kier molecular flexibility index (Phi) is 6.60. The first kappa shape index (κ1) is 22.3. The van der Waals surface area contributed by atoms with Crippen LogP contribution in [0.2, 0.25) is 0 Å². The van der Waals surface area contributed by atoms with E-state index in [1.807, 2.05) is 31.2 Å². The highest BCUT2D eigenvalue weighted by Gasteiger charge is 2.25. The number of fused-ring (bicyclic) bond motifs is 1. The first-order chi connectivity index (χ1) is 16.0. The lowest BCUT2D eigenvalue weighted by Gasteiger charge is -2.28. The maximum Gasteiger partial charge on any atom is 0.265 e. The zero-order chi connectivity index (χ0) is 23.4. The number of nitrogens with zero attached hydrogens (tertiary/aromatic N) is 2. The minimum atomic E-state index is -0.331. The molecule has 9 heteroatoms. The van der Waals surface area contributed by atoms with Crippen LogP contribution in [0.4, 0.5) is 10.8 Å². The molecule has 0 bridgehead atoms. The molecule has 4 rings (SSSR count). The van der Waals surface area contributed by atoms with E-state index in [1.54, 1.807) is 36.3 Å². The fraction of sp³-hybridized carbons (Fsp3) is 0.208. The SMILES string of the molecule is C=CCN1C(=O)COc2ccc(-c3nc(NC(=O)COc4ccccc4OC)sc3C)cc21. The molecule has 0 radical (unpaired) electrons. The van der Waals surface area contributed by atoms with Crippen LogP contribution in [0.1, 0.15) is 4.88 Å². The molecule has 1 N–H and O–H groups in total. The van der Waals surface area contributed by atoms with Gasteiger partial charge in [0.25, 0.3) is 11.8 Å². The largest absolute Gasteiger partial charge is 0.493 e. The van der Waals surface area contributed by atoms with E-state index in [2.05, 4.69) is 16.9 Å². The Morgan fingerprint density at radius 2 is 2.09 bits per heavy atom. The molecule has 2 amide bonds. The number of ether oxygens (including phenoxy) is 3. The lowest BCUT2D eigenvalue weighted by Crippen LogP contribution is -2.38. The van der Waals surface area contributed by atoms with Gasteiger partial charge in [-0.3, -0.25) is 14.9 Å². The molecule has 1 aliphatic rings. The Bertz CT molecular complexity index is 1210. The summed E-state index contributed by atoms with van der Waals surface area (Å²) in [5.74, 6) is 1.22. The molecule has 0 spiro atoms. The van der Waals surface area contributed by atoms with Crippen molar-refractivity contribution >= 4 is 34.0 Å². The van der Waals surface area contributed by atoms with Crippen LogP contribution in [-0.2, 0) is 9.59 Å². The molecule has 33 heavy (non-hydrogen) atoms. The highest BCUT2D eigenvalue weighted by molar-refractivity contribution is 7.16. The third kappa shape index (κ3) is 4.83. The normalized spacial score (nSPS) is 12.5. The molecule has 1 aliphatic heterocycles. The number of anilines is 2. The summed E-state index contributed by atoms with van der Waals surface area (Å²) in [6.45, 7) is 5.87. The van der Waals surface area contributed by atoms with E-state index in [4.69, 9.17) is 14.2 Å². The van der Waals surface area contributed by atoms with E-state index < -0.39 is 0 Å². The Morgan fingerprint density at radius 3 is 2.85 bits per heavy atom. The zero-order valence-electron chi connectivity index (χ0n) is 18.3. The summed E-state index contributed by atoms with van der Waals surface area (Å²) in [6.07, 6.45) is 1.68. The summed E-state index contributed by atoms with van der Waals surface area (Å²) < 4.78 is 16.3. The fourth-order valence-corrected chi connectivity index (χ4v) is 4.29. The standard InChI is InChI=1S/C24H23N3O5S/c1-4-11-27-17-12-16(9-10-18(17)32-14-22(27)29)23-15(2)33-24(26-23)25-21(28)13-31-20-8-6-5-7-19(20)30-3/h4-10,12H,1,11,13-14H2,2-3H3,(H,25,26,28). The van der Waals surface area contributed by atoms with Crippen molar-refractivity contribution in [2.24, 2.45) is 0 Å². The van der Waals surface area contributed by atoms with Crippen molar-refractivity contribution in [2.75, 3.05) is 37.1 Å². The lowest BCUT2D eigenvalue weighted by atomic mass is 10.1. The van der Waals surface area contributed by atoms with Gasteiger partial charge in [-0.15, -0.1) is 17.9 Å². The topological polar surface area (TPSA) is 90.0 Å². The Morgan fingerprint density at radius 1 is 1.30 bits per heavy atom. The second kappa shape index (κ2) is 9.74. The van der Waals surface area contributed by atoms with Gasteiger partial charge < -0.3 is 19.1 Å². The van der Waals surface area contributed by atoms with E-state index in [-0.39, 0.29) is 25.0 Å². The van der Waals surface area contributed by atoms with Crippen molar-refractivity contribution in [3.05, 3.63) is 60.0 Å². The van der Waals surface area contributed by atoms with Crippen molar-refractivity contribution < 1.29 is 23.8 Å². The summed E-state index contributed by atoms with van der Waals surface area (Å²) >= 11 is 1.36. The van der Waals surface area contributed by atoms with Crippen LogP contribution in [0.5, 0.6) is 17.2 Å². The Labute approximate surface area is 195 Å². The second-order valence-corrected chi connectivity index (χ2v) is 8.38. The van der Waals surface area contributed by atoms with Crippen LogP contribution in [0, 0.1) is 6.92 Å². The average molecular weight is 466 g/mol. The molecule has 2 aromatic carbocycles. The predicted molar refractivity (Wildman–Crippen MR) is 127 cm³/mol.